The number of thiophene rings is 1. The number of hydrogen-bond acceptors (Lipinski definition) is 5. The van der Waals surface area contributed by atoms with Crippen molar-refractivity contribution in [3.8, 4) is 0 Å². The molecule has 0 radical (unpaired) electrons. The largest absolute Gasteiger partial charge is 0.444 e. The second kappa shape index (κ2) is 5.58. The van der Waals surface area contributed by atoms with Crippen LogP contribution in [0.15, 0.2) is 16.8 Å². The Morgan fingerprint density at radius 3 is 2.57 bits per heavy atom. The summed E-state index contributed by atoms with van der Waals surface area (Å²) < 4.78 is 37.8. The van der Waals surface area contributed by atoms with Crippen LogP contribution in [0.5, 0.6) is 0 Å². The van der Waals surface area contributed by atoms with Crippen LogP contribution in [0.1, 0.15) is 32.3 Å². The molecule has 2 rings (SSSR count). The molecule has 2 heterocycles. The minimum Gasteiger partial charge on any atom is -0.444 e. The van der Waals surface area contributed by atoms with Gasteiger partial charge in [0.1, 0.15) is 10.9 Å². The summed E-state index contributed by atoms with van der Waals surface area (Å²) in [5, 5.41) is 2.66. The van der Waals surface area contributed by atoms with Crippen LogP contribution < -0.4 is 0 Å². The average Bonchev–Trinajstić information content (AvgIpc) is 2.94. The molecule has 6 nitrogen and oxygen atoms in total. The van der Waals surface area contributed by atoms with Crippen molar-refractivity contribution in [1.29, 1.82) is 0 Å². The van der Waals surface area contributed by atoms with Gasteiger partial charge in [-0.1, -0.05) is 0 Å². The highest BCUT2D eigenvalue weighted by atomic mass is 32.2. The Labute approximate surface area is 128 Å². The maximum Gasteiger partial charge on any atom is 0.410 e. The molecule has 1 aromatic rings. The first kappa shape index (κ1) is 16.3. The van der Waals surface area contributed by atoms with Gasteiger partial charge in [0.2, 0.25) is 0 Å². The van der Waals surface area contributed by atoms with Crippen LogP contribution in [0.25, 0.3) is 0 Å². The van der Waals surface area contributed by atoms with Crippen LogP contribution in [-0.4, -0.2) is 47.9 Å². The van der Waals surface area contributed by atoms with Gasteiger partial charge in [-0.05, 0) is 43.2 Å². The Morgan fingerprint density at radius 1 is 1.43 bits per heavy atom. The molecule has 0 saturated carbocycles. The van der Waals surface area contributed by atoms with Gasteiger partial charge in [0.25, 0.3) is 10.1 Å². The third-order valence-electron chi connectivity index (χ3n) is 3.27. The van der Waals surface area contributed by atoms with Crippen molar-refractivity contribution >= 4 is 27.5 Å². The summed E-state index contributed by atoms with van der Waals surface area (Å²) in [6.45, 7) is 5.40. The van der Waals surface area contributed by atoms with Gasteiger partial charge in [0, 0.05) is 19.0 Å². The predicted octanol–water partition coefficient (Wildman–Crippen LogP) is 2.34. The molecular formula is C13H19NO5S2. The van der Waals surface area contributed by atoms with Crippen molar-refractivity contribution in [2.45, 2.75) is 37.5 Å². The minimum absolute atomic E-state index is 0.0613. The molecule has 0 bridgehead atoms. The molecule has 0 spiro atoms. The second-order valence-electron chi connectivity index (χ2n) is 6.10. The van der Waals surface area contributed by atoms with E-state index in [1.165, 1.54) is 16.2 Å². The van der Waals surface area contributed by atoms with Crippen molar-refractivity contribution in [3.63, 3.8) is 0 Å². The molecule has 1 aliphatic rings. The topological polar surface area (TPSA) is 83.9 Å². The van der Waals surface area contributed by atoms with Crippen molar-refractivity contribution in [1.82, 2.24) is 4.90 Å². The van der Waals surface area contributed by atoms with Crippen molar-refractivity contribution < 1.29 is 22.5 Å². The highest BCUT2D eigenvalue weighted by Gasteiger charge is 2.44. The normalized spacial score (nSPS) is 23.3. The Morgan fingerprint density at radius 2 is 2.10 bits per heavy atom. The quantitative estimate of drug-likeness (QED) is 0.840. The predicted molar refractivity (Wildman–Crippen MR) is 80.2 cm³/mol. The lowest BCUT2D eigenvalue weighted by molar-refractivity contribution is 0.0293. The standard InChI is InChI=1S/C13H19NO5S2/c1-13(2,3)19-12(15)14-6-10(9-4-5-20-8-9)11(7-14)21(16,17)18/h4-5,8,10-11H,6-7H2,1-3H3,(H,16,17,18). The maximum atomic E-state index is 12.1. The smallest absolute Gasteiger partial charge is 0.410 e. The molecule has 1 N–H and O–H groups in total. The zero-order chi connectivity index (χ0) is 15.8. The Hall–Kier alpha value is -1.12. The Balaban J connectivity index is 2.21. The summed E-state index contributed by atoms with van der Waals surface area (Å²) in [7, 11) is -4.23. The lowest BCUT2D eigenvalue weighted by Crippen LogP contribution is -2.36. The lowest BCUT2D eigenvalue weighted by Gasteiger charge is -2.24. The third kappa shape index (κ3) is 3.96. The molecule has 8 heteroatoms. The van der Waals surface area contributed by atoms with Gasteiger partial charge in [0.15, 0.2) is 0 Å². The molecule has 2 atom stereocenters. The monoisotopic (exact) mass is 333 g/mol. The van der Waals surface area contributed by atoms with Crippen molar-refractivity contribution in [2.24, 2.45) is 0 Å². The van der Waals surface area contributed by atoms with E-state index in [1.807, 2.05) is 16.8 Å². The molecule has 1 amide bonds. The summed E-state index contributed by atoms with van der Waals surface area (Å²) in [5.41, 5.74) is 0.166. The minimum atomic E-state index is -4.23. The van der Waals surface area contributed by atoms with Gasteiger partial charge in [-0.2, -0.15) is 19.8 Å². The zero-order valence-corrected chi connectivity index (χ0v) is 13.8. The van der Waals surface area contributed by atoms with E-state index in [1.54, 1.807) is 20.8 Å². The number of hydrogen-bond donors (Lipinski definition) is 1. The van der Waals surface area contributed by atoms with E-state index < -0.39 is 33.0 Å². The molecular weight excluding hydrogens is 314 g/mol. The van der Waals surface area contributed by atoms with E-state index in [9.17, 15) is 17.8 Å². The van der Waals surface area contributed by atoms with Gasteiger partial charge >= 0.3 is 6.09 Å². The summed E-state index contributed by atoms with van der Waals surface area (Å²) in [6.07, 6.45) is -0.561. The highest BCUT2D eigenvalue weighted by molar-refractivity contribution is 7.86. The van der Waals surface area contributed by atoms with Crippen molar-refractivity contribution in [2.75, 3.05) is 13.1 Å². The molecule has 1 saturated heterocycles. The van der Waals surface area contributed by atoms with E-state index in [2.05, 4.69) is 0 Å². The number of carbonyl (C=O) groups excluding carboxylic acids is 1. The van der Waals surface area contributed by atoms with Gasteiger partial charge in [0.05, 0.1) is 0 Å². The molecule has 21 heavy (non-hydrogen) atoms. The van der Waals surface area contributed by atoms with Gasteiger partial charge in [-0.25, -0.2) is 4.79 Å². The van der Waals surface area contributed by atoms with E-state index in [4.69, 9.17) is 4.74 Å². The van der Waals surface area contributed by atoms with Crippen LogP contribution in [0.3, 0.4) is 0 Å². The molecule has 2 unspecified atom stereocenters. The van der Waals surface area contributed by atoms with Gasteiger partial charge in [-0.15, -0.1) is 0 Å². The van der Waals surface area contributed by atoms with E-state index >= 15 is 0 Å². The van der Waals surface area contributed by atoms with Crippen LogP contribution in [0, 0.1) is 0 Å². The first-order chi connectivity index (χ1) is 9.58. The fourth-order valence-electron chi connectivity index (χ4n) is 2.36. The number of amides is 1. The van der Waals surface area contributed by atoms with Gasteiger partial charge in [-0.3, -0.25) is 4.55 Å². The summed E-state index contributed by atoms with van der Waals surface area (Å²) in [5.74, 6) is -0.432. The Kier molecular flexibility index (Phi) is 4.32. The fraction of sp³-hybridized carbons (Fsp3) is 0.615. The van der Waals surface area contributed by atoms with Crippen LogP contribution in [0.2, 0.25) is 0 Å². The molecule has 118 valence electrons. The lowest BCUT2D eigenvalue weighted by atomic mass is 10.0. The first-order valence-electron chi connectivity index (χ1n) is 6.54. The molecule has 1 aromatic heterocycles. The van der Waals surface area contributed by atoms with E-state index in [0.29, 0.717) is 0 Å². The number of ether oxygens (including phenoxy) is 1. The third-order valence-corrected chi connectivity index (χ3v) is 5.22. The van der Waals surface area contributed by atoms with Gasteiger partial charge < -0.3 is 9.64 Å². The molecule has 1 fully saturated rings. The van der Waals surface area contributed by atoms with Crippen LogP contribution in [0.4, 0.5) is 4.79 Å². The fourth-order valence-corrected chi connectivity index (χ4v) is 4.11. The number of carbonyl (C=O) groups is 1. The molecule has 0 aliphatic carbocycles. The summed E-state index contributed by atoms with van der Waals surface area (Å²) in [6, 6.07) is 1.81. The maximum absolute atomic E-state index is 12.1. The van der Waals surface area contributed by atoms with Crippen LogP contribution in [-0.2, 0) is 14.9 Å². The zero-order valence-electron chi connectivity index (χ0n) is 12.1. The highest BCUT2D eigenvalue weighted by Crippen LogP contribution is 2.33. The second-order valence-corrected chi connectivity index (χ2v) is 8.52. The molecule has 0 aromatic carbocycles. The number of likely N-dealkylation sites (tertiary alicyclic amines) is 1. The number of nitrogens with zero attached hydrogens (tertiary/aromatic N) is 1. The SMILES string of the molecule is CC(C)(C)OC(=O)N1CC(c2ccsc2)C(S(=O)(=O)O)C1. The first-order valence-corrected chi connectivity index (χ1v) is 8.99. The van der Waals surface area contributed by atoms with E-state index in [-0.39, 0.29) is 13.1 Å². The molecule has 1 aliphatic heterocycles. The average molecular weight is 333 g/mol. The summed E-state index contributed by atoms with van der Waals surface area (Å²) in [4.78, 5) is 13.4. The van der Waals surface area contributed by atoms with Crippen molar-refractivity contribution in [3.05, 3.63) is 22.4 Å². The van der Waals surface area contributed by atoms with E-state index in [0.717, 1.165) is 5.56 Å². The summed E-state index contributed by atoms with van der Waals surface area (Å²) >= 11 is 1.45. The van der Waals surface area contributed by atoms with Crippen LogP contribution >= 0.6 is 11.3 Å². The number of rotatable bonds is 2. The Bertz CT molecular complexity index is 603.